The number of hydrogen-bond donors (Lipinski definition) is 1. The van der Waals surface area contributed by atoms with Crippen LogP contribution in [0.4, 0.5) is 10.5 Å². The van der Waals surface area contributed by atoms with Gasteiger partial charge < -0.3 is 15.0 Å². The Morgan fingerprint density at radius 3 is 2.69 bits per heavy atom. The second-order valence-corrected chi connectivity index (χ2v) is 4.67. The Morgan fingerprint density at radius 1 is 1.31 bits per heavy atom. The highest BCUT2D eigenvalue weighted by molar-refractivity contribution is 14.1. The first-order valence-electron chi connectivity index (χ1n) is 5.15. The number of rotatable bonds is 1. The standard InChI is InChI=1S/C11H13IN2O2/c12-9-3-1-2-4-10(9)13-11(15)14-5-7-16-8-6-14/h1-4H,5-8H2,(H,13,15). The molecule has 1 heterocycles. The molecule has 1 saturated heterocycles. The molecule has 0 radical (unpaired) electrons. The minimum atomic E-state index is -0.0487. The number of benzene rings is 1. The van der Waals surface area contributed by atoms with E-state index in [-0.39, 0.29) is 6.03 Å². The van der Waals surface area contributed by atoms with E-state index in [4.69, 9.17) is 4.74 Å². The number of halogens is 1. The zero-order valence-corrected chi connectivity index (χ0v) is 10.9. The van der Waals surface area contributed by atoms with Crippen molar-refractivity contribution >= 4 is 34.3 Å². The van der Waals surface area contributed by atoms with Gasteiger partial charge in [-0.1, -0.05) is 12.1 Å². The molecule has 0 aromatic heterocycles. The number of anilines is 1. The molecule has 1 N–H and O–H groups in total. The first kappa shape index (κ1) is 11.7. The molecule has 2 amide bonds. The van der Waals surface area contributed by atoms with Gasteiger partial charge in [0.05, 0.1) is 18.9 Å². The Kier molecular flexibility index (Phi) is 4.00. The third-order valence-electron chi connectivity index (χ3n) is 2.41. The van der Waals surface area contributed by atoms with Gasteiger partial charge in [0.2, 0.25) is 0 Å². The summed E-state index contributed by atoms with van der Waals surface area (Å²) in [4.78, 5) is 13.6. The third kappa shape index (κ3) is 2.85. The molecule has 0 saturated carbocycles. The summed E-state index contributed by atoms with van der Waals surface area (Å²) < 4.78 is 6.24. The monoisotopic (exact) mass is 332 g/mol. The Morgan fingerprint density at radius 2 is 2.00 bits per heavy atom. The maximum atomic E-state index is 11.9. The Bertz CT molecular complexity index is 378. The first-order chi connectivity index (χ1) is 7.77. The van der Waals surface area contributed by atoms with Gasteiger partial charge in [-0.05, 0) is 34.7 Å². The molecule has 2 rings (SSSR count). The van der Waals surface area contributed by atoms with Crippen LogP contribution in [0.3, 0.4) is 0 Å². The maximum absolute atomic E-state index is 11.9. The lowest BCUT2D eigenvalue weighted by Gasteiger charge is -2.27. The molecule has 5 heteroatoms. The van der Waals surface area contributed by atoms with Crippen molar-refractivity contribution in [2.75, 3.05) is 31.6 Å². The Hall–Kier alpha value is -0.820. The Balaban J connectivity index is 1.99. The molecule has 0 unspecified atom stereocenters. The molecule has 1 aliphatic rings. The number of carbonyl (C=O) groups excluding carboxylic acids is 1. The number of nitrogens with one attached hydrogen (secondary N) is 1. The maximum Gasteiger partial charge on any atom is 0.322 e. The predicted octanol–water partition coefficient (Wildman–Crippen LogP) is 2.16. The zero-order valence-electron chi connectivity index (χ0n) is 8.78. The highest BCUT2D eigenvalue weighted by Crippen LogP contribution is 2.17. The average Bonchev–Trinajstić information content (AvgIpc) is 2.33. The van der Waals surface area contributed by atoms with Crippen LogP contribution in [-0.4, -0.2) is 37.2 Å². The SMILES string of the molecule is O=C(Nc1ccccc1I)N1CCOCC1. The van der Waals surface area contributed by atoms with E-state index in [0.29, 0.717) is 26.3 Å². The van der Waals surface area contributed by atoms with Crippen molar-refractivity contribution in [3.8, 4) is 0 Å². The van der Waals surface area contributed by atoms with Gasteiger partial charge in [0.1, 0.15) is 0 Å². The summed E-state index contributed by atoms with van der Waals surface area (Å²) in [6.07, 6.45) is 0. The fourth-order valence-corrected chi connectivity index (χ4v) is 2.05. The van der Waals surface area contributed by atoms with Gasteiger partial charge in [0, 0.05) is 16.7 Å². The van der Waals surface area contributed by atoms with Crippen LogP contribution in [0.25, 0.3) is 0 Å². The highest BCUT2D eigenvalue weighted by atomic mass is 127. The van der Waals surface area contributed by atoms with Gasteiger partial charge in [-0.15, -0.1) is 0 Å². The molecule has 0 atom stereocenters. The van der Waals surface area contributed by atoms with E-state index in [1.165, 1.54) is 0 Å². The third-order valence-corrected chi connectivity index (χ3v) is 3.35. The number of nitrogens with zero attached hydrogens (tertiary/aromatic N) is 1. The van der Waals surface area contributed by atoms with Crippen LogP contribution >= 0.6 is 22.6 Å². The summed E-state index contributed by atoms with van der Waals surface area (Å²) in [5.41, 5.74) is 0.861. The van der Waals surface area contributed by atoms with Crippen molar-refractivity contribution in [1.29, 1.82) is 0 Å². The lowest BCUT2D eigenvalue weighted by Crippen LogP contribution is -2.43. The number of ether oxygens (including phenoxy) is 1. The van der Waals surface area contributed by atoms with Gasteiger partial charge in [0.25, 0.3) is 0 Å². The summed E-state index contributed by atoms with van der Waals surface area (Å²) in [7, 11) is 0. The molecule has 0 aliphatic carbocycles. The number of carbonyl (C=O) groups is 1. The van der Waals surface area contributed by atoms with Crippen molar-refractivity contribution in [3.05, 3.63) is 27.8 Å². The lowest BCUT2D eigenvalue weighted by molar-refractivity contribution is 0.0564. The van der Waals surface area contributed by atoms with Crippen molar-refractivity contribution in [2.45, 2.75) is 0 Å². The summed E-state index contributed by atoms with van der Waals surface area (Å²) >= 11 is 2.21. The summed E-state index contributed by atoms with van der Waals surface area (Å²) in [5, 5.41) is 2.90. The van der Waals surface area contributed by atoms with Crippen LogP contribution in [0.1, 0.15) is 0 Å². The van der Waals surface area contributed by atoms with E-state index in [0.717, 1.165) is 9.26 Å². The second kappa shape index (κ2) is 5.49. The van der Waals surface area contributed by atoms with Crippen LogP contribution < -0.4 is 5.32 Å². The molecule has 16 heavy (non-hydrogen) atoms. The van der Waals surface area contributed by atoms with Gasteiger partial charge >= 0.3 is 6.03 Å². The fourth-order valence-electron chi connectivity index (χ4n) is 1.52. The number of para-hydroxylation sites is 1. The fraction of sp³-hybridized carbons (Fsp3) is 0.364. The smallest absolute Gasteiger partial charge is 0.322 e. The molecule has 1 fully saturated rings. The number of urea groups is 1. The quantitative estimate of drug-likeness (QED) is 0.801. The van der Waals surface area contributed by atoms with Gasteiger partial charge in [-0.3, -0.25) is 0 Å². The zero-order chi connectivity index (χ0) is 11.4. The van der Waals surface area contributed by atoms with E-state index in [2.05, 4.69) is 27.9 Å². The summed E-state index contributed by atoms with van der Waals surface area (Å²) in [5.74, 6) is 0. The topological polar surface area (TPSA) is 41.6 Å². The molecule has 1 aromatic carbocycles. The van der Waals surface area contributed by atoms with Gasteiger partial charge in [-0.2, -0.15) is 0 Å². The van der Waals surface area contributed by atoms with Crippen molar-refractivity contribution < 1.29 is 9.53 Å². The summed E-state index contributed by atoms with van der Waals surface area (Å²) in [6.45, 7) is 2.57. The molecule has 0 spiro atoms. The van der Waals surface area contributed by atoms with Crippen molar-refractivity contribution in [3.63, 3.8) is 0 Å². The number of amides is 2. The average molecular weight is 332 g/mol. The van der Waals surface area contributed by atoms with Crippen LogP contribution in [-0.2, 0) is 4.74 Å². The van der Waals surface area contributed by atoms with Crippen LogP contribution in [0, 0.1) is 3.57 Å². The second-order valence-electron chi connectivity index (χ2n) is 3.51. The Labute approximate surface area is 108 Å². The van der Waals surface area contributed by atoms with E-state index < -0.39 is 0 Å². The summed E-state index contributed by atoms with van der Waals surface area (Å²) in [6, 6.07) is 7.69. The first-order valence-corrected chi connectivity index (χ1v) is 6.23. The van der Waals surface area contributed by atoms with Crippen LogP contribution in [0.2, 0.25) is 0 Å². The molecule has 4 nitrogen and oxygen atoms in total. The van der Waals surface area contributed by atoms with Crippen molar-refractivity contribution in [1.82, 2.24) is 4.90 Å². The van der Waals surface area contributed by atoms with E-state index in [9.17, 15) is 4.79 Å². The highest BCUT2D eigenvalue weighted by Gasteiger charge is 2.17. The van der Waals surface area contributed by atoms with Gasteiger partial charge in [-0.25, -0.2) is 4.79 Å². The van der Waals surface area contributed by atoms with E-state index in [1.807, 2.05) is 24.3 Å². The lowest BCUT2D eigenvalue weighted by atomic mass is 10.3. The largest absolute Gasteiger partial charge is 0.378 e. The van der Waals surface area contributed by atoms with E-state index >= 15 is 0 Å². The van der Waals surface area contributed by atoms with Gasteiger partial charge in [0.15, 0.2) is 0 Å². The minimum absolute atomic E-state index is 0.0487. The molecule has 1 aliphatic heterocycles. The van der Waals surface area contributed by atoms with E-state index in [1.54, 1.807) is 4.90 Å². The van der Waals surface area contributed by atoms with Crippen LogP contribution in [0.5, 0.6) is 0 Å². The molecule has 1 aromatic rings. The predicted molar refractivity (Wildman–Crippen MR) is 70.6 cm³/mol. The van der Waals surface area contributed by atoms with Crippen molar-refractivity contribution in [2.24, 2.45) is 0 Å². The molecule has 0 bridgehead atoms. The molecular formula is C11H13IN2O2. The minimum Gasteiger partial charge on any atom is -0.378 e. The number of hydrogen-bond acceptors (Lipinski definition) is 2. The molecular weight excluding hydrogens is 319 g/mol. The molecule has 86 valence electrons. The number of morpholine rings is 1. The normalized spacial score (nSPS) is 15.9. The van der Waals surface area contributed by atoms with Crippen LogP contribution in [0.15, 0.2) is 24.3 Å².